The fourth-order valence-electron chi connectivity index (χ4n) is 3.37. The van der Waals surface area contributed by atoms with Gasteiger partial charge in [-0.1, -0.05) is 11.8 Å². The highest BCUT2D eigenvalue weighted by molar-refractivity contribution is 8.01. The van der Waals surface area contributed by atoms with Crippen molar-refractivity contribution in [1.82, 2.24) is 15.2 Å². The maximum Gasteiger partial charge on any atom is 0.230 e. The van der Waals surface area contributed by atoms with Gasteiger partial charge in [-0.3, -0.25) is 14.4 Å². The van der Waals surface area contributed by atoms with Gasteiger partial charge in [0.15, 0.2) is 4.34 Å². The molecule has 2 N–H and O–H groups in total. The van der Waals surface area contributed by atoms with Crippen LogP contribution in [-0.4, -0.2) is 66.2 Å². The van der Waals surface area contributed by atoms with E-state index in [1.807, 2.05) is 18.2 Å². The number of rotatable bonds is 6. The lowest BCUT2D eigenvalue weighted by atomic mass is 10.1. The molecule has 2 aromatic rings. The van der Waals surface area contributed by atoms with Crippen molar-refractivity contribution in [3.05, 3.63) is 18.2 Å². The van der Waals surface area contributed by atoms with Gasteiger partial charge >= 0.3 is 0 Å². The predicted molar refractivity (Wildman–Crippen MR) is 112 cm³/mol. The van der Waals surface area contributed by atoms with Gasteiger partial charge < -0.3 is 20.3 Å². The minimum absolute atomic E-state index is 0.00535. The molecule has 2 atom stereocenters. The zero-order valence-corrected chi connectivity index (χ0v) is 17.6. The molecule has 3 amide bonds. The first-order valence-electron chi connectivity index (χ1n) is 9.43. The first-order chi connectivity index (χ1) is 14.0. The highest BCUT2D eigenvalue weighted by atomic mass is 32.2. The second-order valence-electron chi connectivity index (χ2n) is 7.24. The lowest BCUT2D eigenvalue weighted by Crippen LogP contribution is -2.36. The largest absolute Gasteiger partial charge is 0.379 e. The van der Waals surface area contributed by atoms with E-state index in [1.54, 1.807) is 11.9 Å². The second-order valence-corrected chi connectivity index (χ2v) is 9.50. The van der Waals surface area contributed by atoms with Crippen LogP contribution in [0.15, 0.2) is 22.5 Å². The van der Waals surface area contributed by atoms with Gasteiger partial charge in [0.2, 0.25) is 17.7 Å². The van der Waals surface area contributed by atoms with Gasteiger partial charge in [0.25, 0.3) is 0 Å². The molecule has 2 aliphatic heterocycles. The van der Waals surface area contributed by atoms with Crippen molar-refractivity contribution >= 4 is 56.7 Å². The highest BCUT2D eigenvalue weighted by Crippen LogP contribution is 2.31. The number of nitrogens with one attached hydrogen (secondary N) is 2. The molecule has 4 rings (SSSR count). The predicted octanol–water partition coefficient (Wildman–Crippen LogP) is 1.71. The highest BCUT2D eigenvalue weighted by Gasteiger charge is 2.32. The van der Waals surface area contributed by atoms with Crippen LogP contribution >= 0.6 is 23.1 Å². The standard InChI is InChI=1S/C19H22N4O4S2/c1-23-8-11(6-17(23)25)18(26)21-12-2-3-14-15(7-12)29-19(22-14)28-10-16(24)20-13-4-5-27-9-13/h2-3,7,11,13H,4-6,8-10H2,1H3,(H,20,24)(H,21,26). The number of benzene rings is 1. The Kier molecular flexibility index (Phi) is 6.02. The summed E-state index contributed by atoms with van der Waals surface area (Å²) in [6.07, 6.45) is 1.11. The Morgan fingerprint density at radius 2 is 2.28 bits per heavy atom. The Bertz CT molecular complexity index is 941. The van der Waals surface area contributed by atoms with E-state index in [0.29, 0.717) is 31.2 Å². The number of hydrogen-bond donors (Lipinski definition) is 2. The van der Waals surface area contributed by atoms with Gasteiger partial charge in [0.05, 0.1) is 34.5 Å². The fourth-order valence-corrected chi connectivity index (χ4v) is 5.29. The molecule has 0 saturated carbocycles. The quantitative estimate of drug-likeness (QED) is 0.672. The number of thiazole rings is 1. The van der Waals surface area contributed by atoms with Crippen molar-refractivity contribution in [3.8, 4) is 0 Å². The Morgan fingerprint density at radius 1 is 1.41 bits per heavy atom. The summed E-state index contributed by atoms with van der Waals surface area (Å²) < 4.78 is 7.01. The number of ether oxygens (including phenoxy) is 1. The van der Waals surface area contributed by atoms with Crippen LogP contribution in [0.3, 0.4) is 0 Å². The van der Waals surface area contributed by atoms with Crippen LogP contribution in [0.25, 0.3) is 10.2 Å². The van der Waals surface area contributed by atoms with E-state index in [1.165, 1.54) is 23.1 Å². The van der Waals surface area contributed by atoms with Crippen molar-refractivity contribution in [2.45, 2.75) is 23.2 Å². The van der Waals surface area contributed by atoms with Crippen molar-refractivity contribution in [1.29, 1.82) is 0 Å². The zero-order valence-electron chi connectivity index (χ0n) is 16.0. The molecule has 10 heteroatoms. The lowest BCUT2D eigenvalue weighted by Gasteiger charge is -2.11. The van der Waals surface area contributed by atoms with Crippen LogP contribution in [0.5, 0.6) is 0 Å². The van der Waals surface area contributed by atoms with Gasteiger partial charge in [-0.15, -0.1) is 11.3 Å². The minimum atomic E-state index is -0.320. The van der Waals surface area contributed by atoms with Crippen LogP contribution in [0, 0.1) is 5.92 Å². The van der Waals surface area contributed by atoms with Crippen molar-refractivity contribution in [2.75, 3.05) is 37.9 Å². The van der Waals surface area contributed by atoms with Crippen LogP contribution < -0.4 is 10.6 Å². The van der Waals surface area contributed by atoms with E-state index in [-0.39, 0.29) is 36.1 Å². The average molecular weight is 435 g/mol. The van der Waals surface area contributed by atoms with E-state index in [4.69, 9.17) is 4.74 Å². The molecule has 0 radical (unpaired) electrons. The first-order valence-corrected chi connectivity index (χ1v) is 11.2. The van der Waals surface area contributed by atoms with Gasteiger partial charge in [-0.2, -0.15) is 0 Å². The Hall–Kier alpha value is -2.17. The van der Waals surface area contributed by atoms with E-state index in [0.717, 1.165) is 21.0 Å². The molecule has 2 fully saturated rings. The molecule has 0 bridgehead atoms. The van der Waals surface area contributed by atoms with Gasteiger partial charge in [0.1, 0.15) is 0 Å². The molecule has 0 spiro atoms. The number of anilines is 1. The molecule has 8 nitrogen and oxygen atoms in total. The van der Waals surface area contributed by atoms with E-state index in [2.05, 4.69) is 15.6 Å². The third-order valence-electron chi connectivity index (χ3n) is 4.97. The monoisotopic (exact) mass is 434 g/mol. The number of carbonyl (C=O) groups excluding carboxylic acids is 3. The Labute approximate surface area is 176 Å². The molecular weight excluding hydrogens is 412 g/mol. The molecular formula is C19H22N4O4S2. The Balaban J connectivity index is 1.34. The summed E-state index contributed by atoms with van der Waals surface area (Å²) in [5.74, 6) is -0.181. The van der Waals surface area contributed by atoms with E-state index < -0.39 is 0 Å². The third kappa shape index (κ3) is 4.88. The normalized spacial score (nSPS) is 21.7. The van der Waals surface area contributed by atoms with Gasteiger partial charge in [-0.05, 0) is 24.6 Å². The molecule has 154 valence electrons. The summed E-state index contributed by atoms with van der Waals surface area (Å²) in [7, 11) is 1.71. The smallest absolute Gasteiger partial charge is 0.230 e. The summed E-state index contributed by atoms with van der Waals surface area (Å²) >= 11 is 2.89. The molecule has 1 aromatic carbocycles. The second kappa shape index (κ2) is 8.68. The number of fused-ring (bicyclic) bond motifs is 1. The van der Waals surface area contributed by atoms with Crippen molar-refractivity contribution in [3.63, 3.8) is 0 Å². The minimum Gasteiger partial charge on any atom is -0.379 e. The van der Waals surface area contributed by atoms with Crippen LogP contribution in [0.2, 0.25) is 0 Å². The van der Waals surface area contributed by atoms with Gasteiger partial charge in [0, 0.05) is 32.3 Å². The molecule has 2 saturated heterocycles. The molecule has 0 aliphatic carbocycles. The summed E-state index contributed by atoms with van der Waals surface area (Å²) in [6, 6.07) is 5.65. The summed E-state index contributed by atoms with van der Waals surface area (Å²) in [5.41, 5.74) is 1.51. The zero-order chi connectivity index (χ0) is 20.4. The number of aromatic nitrogens is 1. The van der Waals surface area contributed by atoms with Crippen LogP contribution in [0.4, 0.5) is 5.69 Å². The van der Waals surface area contributed by atoms with E-state index in [9.17, 15) is 14.4 Å². The van der Waals surface area contributed by atoms with E-state index >= 15 is 0 Å². The summed E-state index contributed by atoms with van der Waals surface area (Å²) in [6.45, 7) is 1.73. The Morgan fingerprint density at radius 3 is 3.00 bits per heavy atom. The lowest BCUT2D eigenvalue weighted by molar-refractivity contribution is -0.127. The third-order valence-corrected chi connectivity index (χ3v) is 7.13. The first kappa shape index (κ1) is 20.1. The topological polar surface area (TPSA) is 101 Å². The number of nitrogens with zero attached hydrogens (tertiary/aromatic N) is 2. The van der Waals surface area contributed by atoms with Gasteiger partial charge in [-0.25, -0.2) is 4.98 Å². The maximum atomic E-state index is 12.4. The SMILES string of the molecule is CN1CC(C(=O)Nc2ccc3nc(SCC(=O)NC4CCOC4)sc3c2)CC1=O. The number of carbonyl (C=O) groups is 3. The fraction of sp³-hybridized carbons (Fsp3) is 0.474. The number of thioether (sulfide) groups is 1. The molecule has 29 heavy (non-hydrogen) atoms. The number of hydrogen-bond acceptors (Lipinski definition) is 7. The number of amides is 3. The number of likely N-dealkylation sites (tertiary alicyclic amines) is 1. The van der Waals surface area contributed by atoms with Crippen LogP contribution in [-0.2, 0) is 19.1 Å². The summed E-state index contributed by atoms with van der Waals surface area (Å²) in [4.78, 5) is 42.2. The molecule has 2 unspecified atom stereocenters. The van der Waals surface area contributed by atoms with Crippen LogP contribution in [0.1, 0.15) is 12.8 Å². The van der Waals surface area contributed by atoms with Crippen molar-refractivity contribution in [2.24, 2.45) is 5.92 Å². The molecule has 1 aromatic heterocycles. The molecule has 3 heterocycles. The molecule has 2 aliphatic rings. The summed E-state index contributed by atoms with van der Waals surface area (Å²) in [5, 5.41) is 5.86. The maximum absolute atomic E-state index is 12.4. The van der Waals surface area contributed by atoms with Crippen molar-refractivity contribution < 1.29 is 19.1 Å². The average Bonchev–Trinajstić information content (AvgIpc) is 3.41.